The minimum Gasteiger partial charge on any atom is -0.486 e. The first kappa shape index (κ1) is 12.5. The van der Waals surface area contributed by atoms with E-state index in [4.69, 9.17) is 9.47 Å². The van der Waals surface area contributed by atoms with Crippen molar-refractivity contribution in [3.05, 3.63) is 24.4 Å². The maximum absolute atomic E-state index is 11.3. The van der Waals surface area contributed by atoms with Crippen LogP contribution >= 0.6 is 0 Å². The number of rotatable bonds is 3. The Morgan fingerprint density at radius 2 is 2.05 bits per heavy atom. The van der Waals surface area contributed by atoms with E-state index in [1.165, 1.54) is 0 Å². The monoisotopic (exact) mass is 273 g/mol. The third-order valence-electron chi connectivity index (χ3n) is 3.12. The first-order valence-corrected chi connectivity index (χ1v) is 6.41. The van der Waals surface area contributed by atoms with E-state index in [9.17, 15) is 4.79 Å². The molecule has 0 radical (unpaired) electrons. The average Bonchev–Trinajstić information content (AvgIpc) is 2.50. The van der Waals surface area contributed by atoms with E-state index in [0.29, 0.717) is 24.8 Å². The van der Waals surface area contributed by atoms with Crippen molar-refractivity contribution in [1.29, 1.82) is 0 Å². The summed E-state index contributed by atoms with van der Waals surface area (Å²) in [5.41, 5.74) is 0. The molecule has 0 saturated heterocycles. The predicted molar refractivity (Wildman–Crippen MR) is 75.3 cm³/mol. The van der Waals surface area contributed by atoms with Gasteiger partial charge in [0.05, 0.1) is 6.54 Å². The van der Waals surface area contributed by atoms with Crippen LogP contribution in [-0.4, -0.2) is 37.7 Å². The number of ether oxygens (including phenoxy) is 2. The van der Waals surface area contributed by atoms with Gasteiger partial charge in [-0.05, 0) is 23.6 Å². The highest BCUT2D eigenvalue weighted by molar-refractivity contribution is 5.95. The van der Waals surface area contributed by atoms with Crippen LogP contribution in [0.4, 0.5) is 5.82 Å². The predicted octanol–water partition coefficient (Wildman–Crippen LogP) is 1.16. The number of benzene rings is 1. The highest BCUT2D eigenvalue weighted by Crippen LogP contribution is 2.36. The van der Waals surface area contributed by atoms with Crippen molar-refractivity contribution in [3.63, 3.8) is 0 Å². The number of nitrogens with zero attached hydrogens (tertiary/aromatic N) is 1. The molecule has 0 atom stereocenters. The molecule has 0 spiro atoms. The summed E-state index contributed by atoms with van der Waals surface area (Å²) in [5.74, 6) is 2.01. The van der Waals surface area contributed by atoms with Crippen LogP contribution in [0.2, 0.25) is 0 Å². The second kappa shape index (κ2) is 5.24. The largest absolute Gasteiger partial charge is 0.486 e. The number of fused-ring (bicyclic) bond motifs is 2. The first-order valence-electron chi connectivity index (χ1n) is 6.41. The molecule has 0 unspecified atom stereocenters. The molecular weight excluding hydrogens is 258 g/mol. The maximum atomic E-state index is 11.3. The van der Waals surface area contributed by atoms with Gasteiger partial charge >= 0.3 is 0 Å². The van der Waals surface area contributed by atoms with Crippen molar-refractivity contribution in [1.82, 2.24) is 10.3 Å². The van der Waals surface area contributed by atoms with Gasteiger partial charge in [-0.15, -0.1) is 0 Å². The Balaban J connectivity index is 1.98. The summed E-state index contributed by atoms with van der Waals surface area (Å²) in [7, 11) is 1.60. The number of hydrogen-bond acceptors (Lipinski definition) is 5. The molecule has 6 nitrogen and oxygen atoms in total. The Morgan fingerprint density at radius 1 is 1.30 bits per heavy atom. The molecule has 20 heavy (non-hydrogen) atoms. The summed E-state index contributed by atoms with van der Waals surface area (Å²) < 4.78 is 11.1. The Morgan fingerprint density at radius 3 is 2.80 bits per heavy atom. The Kier molecular flexibility index (Phi) is 3.28. The van der Waals surface area contributed by atoms with E-state index in [1.807, 2.05) is 18.2 Å². The van der Waals surface area contributed by atoms with E-state index in [1.54, 1.807) is 13.2 Å². The van der Waals surface area contributed by atoms with Crippen LogP contribution in [0.5, 0.6) is 11.5 Å². The molecule has 1 aromatic heterocycles. The molecule has 1 aromatic carbocycles. The van der Waals surface area contributed by atoms with Crippen LogP contribution in [0.3, 0.4) is 0 Å². The lowest BCUT2D eigenvalue weighted by Crippen LogP contribution is -2.26. The fraction of sp³-hybridized carbons (Fsp3) is 0.286. The Bertz CT molecular complexity index is 657. The number of pyridine rings is 1. The minimum absolute atomic E-state index is 0.0960. The number of amides is 1. The van der Waals surface area contributed by atoms with Crippen LogP contribution in [0.25, 0.3) is 10.8 Å². The van der Waals surface area contributed by atoms with Gasteiger partial charge in [0.1, 0.15) is 19.0 Å². The van der Waals surface area contributed by atoms with Crippen LogP contribution in [0.15, 0.2) is 24.4 Å². The fourth-order valence-electron chi connectivity index (χ4n) is 2.10. The lowest BCUT2D eigenvalue weighted by atomic mass is 10.1. The second-order valence-corrected chi connectivity index (χ2v) is 4.40. The highest BCUT2D eigenvalue weighted by Gasteiger charge is 2.14. The average molecular weight is 273 g/mol. The molecule has 1 aliphatic heterocycles. The fourth-order valence-corrected chi connectivity index (χ4v) is 2.10. The SMILES string of the molecule is CNC(=O)CNc1nccc2cc3c(cc12)OCCO3. The third kappa shape index (κ3) is 2.32. The van der Waals surface area contributed by atoms with E-state index in [2.05, 4.69) is 15.6 Å². The van der Waals surface area contributed by atoms with Crippen LogP contribution in [0.1, 0.15) is 0 Å². The second-order valence-electron chi connectivity index (χ2n) is 4.40. The van der Waals surface area contributed by atoms with Gasteiger partial charge < -0.3 is 20.1 Å². The molecular formula is C14H15N3O3. The molecule has 2 aromatic rings. The van der Waals surface area contributed by atoms with Gasteiger partial charge in [-0.2, -0.15) is 0 Å². The van der Waals surface area contributed by atoms with E-state index in [0.717, 1.165) is 16.5 Å². The van der Waals surface area contributed by atoms with Crippen LogP contribution in [-0.2, 0) is 4.79 Å². The zero-order valence-corrected chi connectivity index (χ0v) is 11.1. The zero-order valence-electron chi connectivity index (χ0n) is 11.1. The Hall–Kier alpha value is -2.50. The van der Waals surface area contributed by atoms with Crippen molar-refractivity contribution in [2.24, 2.45) is 0 Å². The maximum Gasteiger partial charge on any atom is 0.239 e. The standard InChI is InChI=1S/C14H15N3O3/c1-15-13(18)8-17-14-10-7-12-11(19-4-5-20-12)6-9(10)2-3-16-14/h2-3,6-7H,4-5,8H2,1H3,(H,15,18)(H,16,17). The number of hydrogen-bond donors (Lipinski definition) is 2. The molecule has 3 rings (SSSR count). The normalized spacial score (nSPS) is 13.1. The molecule has 0 aliphatic carbocycles. The topological polar surface area (TPSA) is 72.5 Å². The zero-order chi connectivity index (χ0) is 13.9. The summed E-state index contributed by atoms with van der Waals surface area (Å²) in [6.07, 6.45) is 1.70. The number of carbonyl (C=O) groups excluding carboxylic acids is 1. The number of anilines is 1. The Labute approximate surface area is 116 Å². The first-order chi connectivity index (χ1) is 9.78. The lowest BCUT2D eigenvalue weighted by Gasteiger charge is -2.19. The minimum atomic E-state index is -0.0960. The summed E-state index contributed by atoms with van der Waals surface area (Å²) in [5, 5.41) is 7.48. The summed E-state index contributed by atoms with van der Waals surface area (Å²) in [6.45, 7) is 1.28. The summed E-state index contributed by atoms with van der Waals surface area (Å²) in [6, 6.07) is 5.72. The molecule has 1 amide bonds. The van der Waals surface area contributed by atoms with Gasteiger partial charge in [0.25, 0.3) is 0 Å². The van der Waals surface area contributed by atoms with Crippen molar-refractivity contribution in [2.45, 2.75) is 0 Å². The van der Waals surface area contributed by atoms with Crippen molar-refractivity contribution >= 4 is 22.5 Å². The quantitative estimate of drug-likeness (QED) is 0.878. The molecule has 6 heteroatoms. The molecule has 1 aliphatic rings. The molecule has 2 N–H and O–H groups in total. The van der Waals surface area contributed by atoms with Crippen LogP contribution < -0.4 is 20.1 Å². The van der Waals surface area contributed by atoms with Gasteiger partial charge in [-0.1, -0.05) is 0 Å². The molecule has 0 fully saturated rings. The van der Waals surface area contributed by atoms with E-state index >= 15 is 0 Å². The summed E-state index contributed by atoms with van der Waals surface area (Å²) in [4.78, 5) is 15.6. The van der Waals surface area contributed by atoms with Gasteiger partial charge in [-0.25, -0.2) is 4.98 Å². The van der Waals surface area contributed by atoms with Gasteiger partial charge in [0, 0.05) is 18.6 Å². The lowest BCUT2D eigenvalue weighted by molar-refractivity contribution is -0.118. The van der Waals surface area contributed by atoms with Gasteiger partial charge in [-0.3, -0.25) is 4.79 Å². The van der Waals surface area contributed by atoms with E-state index < -0.39 is 0 Å². The van der Waals surface area contributed by atoms with Crippen molar-refractivity contribution < 1.29 is 14.3 Å². The van der Waals surface area contributed by atoms with Crippen LogP contribution in [0, 0.1) is 0 Å². The third-order valence-corrected chi connectivity index (χ3v) is 3.12. The van der Waals surface area contributed by atoms with Crippen molar-refractivity contribution in [3.8, 4) is 11.5 Å². The molecule has 104 valence electrons. The van der Waals surface area contributed by atoms with Gasteiger partial charge in [0.15, 0.2) is 11.5 Å². The van der Waals surface area contributed by atoms with Crippen molar-refractivity contribution in [2.75, 3.05) is 32.1 Å². The number of carbonyl (C=O) groups is 1. The molecule has 2 heterocycles. The van der Waals surface area contributed by atoms with E-state index in [-0.39, 0.29) is 12.5 Å². The smallest absolute Gasteiger partial charge is 0.239 e. The highest BCUT2D eigenvalue weighted by atomic mass is 16.6. The van der Waals surface area contributed by atoms with Gasteiger partial charge in [0.2, 0.25) is 5.91 Å². The number of nitrogens with one attached hydrogen (secondary N) is 2. The number of aromatic nitrogens is 1. The molecule has 0 saturated carbocycles. The number of likely N-dealkylation sites (N-methyl/N-ethyl adjacent to an activating group) is 1. The molecule has 0 bridgehead atoms. The summed E-state index contributed by atoms with van der Waals surface area (Å²) >= 11 is 0.